The van der Waals surface area contributed by atoms with Crippen LogP contribution in [0, 0.1) is 5.92 Å². The molecule has 5 nitrogen and oxygen atoms in total. The quantitative estimate of drug-likeness (QED) is 0.770. The van der Waals surface area contributed by atoms with E-state index in [1.54, 1.807) is 0 Å². The van der Waals surface area contributed by atoms with Gasteiger partial charge in [0.25, 0.3) is 0 Å². The van der Waals surface area contributed by atoms with E-state index in [2.05, 4.69) is 19.2 Å². The Hall–Kier alpha value is -1.88. The standard InChI is InChI=1S/C17H25NO4/c1-12(2)9-13-5-7-14(8-6-13)10-15(19)18-17(3,11-22-4)16(20)21/h5-8,12H,9-11H2,1-4H3,(H,18,19)(H,20,21). The van der Waals surface area contributed by atoms with E-state index >= 15 is 0 Å². The lowest BCUT2D eigenvalue weighted by Gasteiger charge is -2.25. The lowest BCUT2D eigenvalue weighted by molar-refractivity contribution is -0.149. The molecular formula is C17H25NO4. The highest BCUT2D eigenvalue weighted by molar-refractivity contribution is 5.87. The third kappa shape index (κ3) is 5.48. The van der Waals surface area contributed by atoms with E-state index in [4.69, 9.17) is 4.74 Å². The SMILES string of the molecule is COCC(C)(NC(=O)Cc1ccc(CC(C)C)cc1)C(=O)O. The summed E-state index contributed by atoms with van der Waals surface area (Å²) in [7, 11) is 1.40. The van der Waals surface area contributed by atoms with Gasteiger partial charge in [-0.05, 0) is 30.4 Å². The molecule has 1 aromatic rings. The van der Waals surface area contributed by atoms with Gasteiger partial charge in [0, 0.05) is 7.11 Å². The monoisotopic (exact) mass is 307 g/mol. The van der Waals surface area contributed by atoms with Crippen molar-refractivity contribution in [3.63, 3.8) is 0 Å². The number of aliphatic carboxylic acids is 1. The Bertz CT molecular complexity index is 510. The molecule has 0 aliphatic carbocycles. The van der Waals surface area contributed by atoms with Gasteiger partial charge in [0.15, 0.2) is 5.54 Å². The average Bonchev–Trinajstić information content (AvgIpc) is 2.40. The molecule has 5 heteroatoms. The average molecular weight is 307 g/mol. The number of benzene rings is 1. The van der Waals surface area contributed by atoms with Crippen LogP contribution in [0.5, 0.6) is 0 Å². The molecular weight excluding hydrogens is 282 g/mol. The summed E-state index contributed by atoms with van der Waals surface area (Å²) in [6.07, 6.45) is 1.14. The number of methoxy groups -OCH3 is 1. The summed E-state index contributed by atoms with van der Waals surface area (Å²) >= 11 is 0. The topological polar surface area (TPSA) is 75.6 Å². The molecule has 0 fully saturated rings. The Kier molecular flexibility index (Phi) is 6.56. The zero-order valence-electron chi connectivity index (χ0n) is 13.7. The highest BCUT2D eigenvalue weighted by Crippen LogP contribution is 2.11. The van der Waals surface area contributed by atoms with Gasteiger partial charge < -0.3 is 15.2 Å². The van der Waals surface area contributed by atoms with Crippen molar-refractivity contribution in [2.24, 2.45) is 5.92 Å². The van der Waals surface area contributed by atoms with E-state index < -0.39 is 11.5 Å². The zero-order chi connectivity index (χ0) is 16.8. The van der Waals surface area contributed by atoms with Gasteiger partial charge in [-0.1, -0.05) is 38.1 Å². The number of ether oxygens (including phenoxy) is 1. The second-order valence-corrected chi connectivity index (χ2v) is 6.21. The first-order chi connectivity index (χ1) is 10.3. The number of carboxylic acid groups (broad SMARTS) is 1. The Morgan fingerprint density at radius 2 is 1.77 bits per heavy atom. The largest absolute Gasteiger partial charge is 0.479 e. The Morgan fingerprint density at radius 3 is 2.23 bits per heavy atom. The molecule has 0 aliphatic rings. The van der Waals surface area contributed by atoms with Crippen LogP contribution in [0.3, 0.4) is 0 Å². The number of hydrogen-bond acceptors (Lipinski definition) is 3. The van der Waals surface area contributed by atoms with Gasteiger partial charge in [-0.2, -0.15) is 0 Å². The highest BCUT2D eigenvalue weighted by atomic mass is 16.5. The molecule has 22 heavy (non-hydrogen) atoms. The maximum atomic E-state index is 12.0. The van der Waals surface area contributed by atoms with Gasteiger partial charge >= 0.3 is 5.97 Å². The third-order valence-electron chi connectivity index (χ3n) is 3.35. The molecule has 122 valence electrons. The number of nitrogens with one attached hydrogen (secondary N) is 1. The van der Waals surface area contributed by atoms with Crippen LogP contribution in [0.1, 0.15) is 31.9 Å². The van der Waals surface area contributed by atoms with Crippen molar-refractivity contribution in [3.8, 4) is 0 Å². The minimum Gasteiger partial charge on any atom is -0.479 e. The van der Waals surface area contributed by atoms with Crippen molar-refractivity contribution in [2.45, 2.75) is 39.2 Å². The maximum absolute atomic E-state index is 12.0. The first-order valence-corrected chi connectivity index (χ1v) is 7.38. The normalized spacial score (nSPS) is 13.7. The molecule has 1 unspecified atom stereocenters. The maximum Gasteiger partial charge on any atom is 0.331 e. The Morgan fingerprint density at radius 1 is 1.23 bits per heavy atom. The van der Waals surface area contributed by atoms with Crippen molar-refractivity contribution in [3.05, 3.63) is 35.4 Å². The predicted octanol–water partition coefficient (Wildman–Crippen LogP) is 2.03. The molecule has 0 aromatic heterocycles. The van der Waals surface area contributed by atoms with E-state index in [0.717, 1.165) is 12.0 Å². The van der Waals surface area contributed by atoms with Gasteiger partial charge in [-0.15, -0.1) is 0 Å². The number of carboxylic acids is 1. The van der Waals surface area contributed by atoms with Gasteiger partial charge in [-0.25, -0.2) is 4.79 Å². The molecule has 0 spiro atoms. The van der Waals surface area contributed by atoms with Crippen molar-refractivity contribution < 1.29 is 19.4 Å². The van der Waals surface area contributed by atoms with Crippen LogP contribution in [0.4, 0.5) is 0 Å². The molecule has 1 rings (SSSR count). The summed E-state index contributed by atoms with van der Waals surface area (Å²) in [6, 6.07) is 7.83. The van der Waals surface area contributed by atoms with Crippen LogP contribution in [-0.2, 0) is 27.2 Å². The van der Waals surface area contributed by atoms with Crippen molar-refractivity contribution >= 4 is 11.9 Å². The van der Waals surface area contributed by atoms with E-state index in [0.29, 0.717) is 5.92 Å². The van der Waals surface area contributed by atoms with Crippen LogP contribution >= 0.6 is 0 Å². The van der Waals surface area contributed by atoms with Gasteiger partial charge in [-0.3, -0.25) is 4.79 Å². The van der Waals surface area contributed by atoms with Gasteiger partial charge in [0.05, 0.1) is 13.0 Å². The Balaban J connectivity index is 2.66. The fourth-order valence-electron chi connectivity index (χ4n) is 2.24. The molecule has 0 bridgehead atoms. The summed E-state index contributed by atoms with van der Waals surface area (Å²) in [4.78, 5) is 23.3. The minimum absolute atomic E-state index is 0.0819. The number of carbonyl (C=O) groups excluding carboxylic acids is 1. The molecule has 0 radical (unpaired) electrons. The second-order valence-electron chi connectivity index (χ2n) is 6.21. The van der Waals surface area contributed by atoms with Gasteiger partial charge in [0.2, 0.25) is 5.91 Å². The molecule has 0 saturated carbocycles. The smallest absolute Gasteiger partial charge is 0.331 e. The summed E-state index contributed by atoms with van der Waals surface area (Å²) in [5.41, 5.74) is 0.674. The Labute approximate surface area is 131 Å². The fourth-order valence-corrected chi connectivity index (χ4v) is 2.24. The summed E-state index contributed by atoms with van der Waals surface area (Å²) in [5.74, 6) is -0.868. The summed E-state index contributed by atoms with van der Waals surface area (Å²) in [6.45, 7) is 5.66. The number of amides is 1. The van der Waals surface area contributed by atoms with Crippen LogP contribution in [0.2, 0.25) is 0 Å². The molecule has 1 amide bonds. The van der Waals surface area contributed by atoms with Crippen molar-refractivity contribution in [2.75, 3.05) is 13.7 Å². The number of carbonyl (C=O) groups is 2. The molecule has 1 aromatic carbocycles. The van der Waals surface area contributed by atoms with E-state index in [1.165, 1.54) is 19.6 Å². The fraction of sp³-hybridized carbons (Fsp3) is 0.529. The van der Waals surface area contributed by atoms with Crippen LogP contribution in [0.15, 0.2) is 24.3 Å². The predicted molar refractivity (Wildman–Crippen MR) is 84.7 cm³/mol. The molecule has 1 atom stereocenters. The molecule has 0 heterocycles. The molecule has 0 aliphatic heterocycles. The highest BCUT2D eigenvalue weighted by Gasteiger charge is 2.34. The van der Waals surface area contributed by atoms with Crippen LogP contribution < -0.4 is 5.32 Å². The lowest BCUT2D eigenvalue weighted by Crippen LogP contribution is -2.55. The van der Waals surface area contributed by atoms with Crippen LogP contribution in [-0.4, -0.2) is 36.2 Å². The molecule has 0 saturated heterocycles. The lowest BCUT2D eigenvalue weighted by atomic mass is 10.00. The van der Waals surface area contributed by atoms with Gasteiger partial charge in [0.1, 0.15) is 0 Å². The van der Waals surface area contributed by atoms with E-state index in [-0.39, 0.29) is 18.9 Å². The number of rotatable bonds is 8. The van der Waals surface area contributed by atoms with E-state index in [1.807, 2.05) is 24.3 Å². The van der Waals surface area contributed by atoms with Crippen molar-refractivity contribution in [1.29, 1.82) is 0 Å². The summed E-state index contributed by atoms with van der Waals surface area (Å²) < 4.78 is 4.88. The minimum atomic E-state index is -1.41. The zero-order valence-corrected chi connectivity index (χ0v) is 13.7. The third-order valence-corrected chi connectivity index (χ3v) is 3.35. The first kappa shape index (κ1) is 18.2. The second kappa shape index (κ2) is 7.94. The van der Waals surface area contributed by atoms with Crippen LogP contribution in [0.25, 0.3) is 0 Å². The first-order valence-electron chi connectivity index (χ1n) is 7.38. The van der Waals surface area contributed by atoms with E-state index in [9.17, 15) is 14.7 Å². The summed E-state index contributed by atoms with van der Waals surface area (Å²) in [5, 5.41) is 11.7. The molecule has 2 N–H and O–H groups in total. The number of hydrogen-bond donors (Lipinski definition) is 2. The van der Waals surface area contributed by atoms with Crippen molar-refractivity contribution in [1.82, 2.24) is 5.32 Å².